The van der Waals surface area contributed by atoms with E-state index in [4.69, 9.17) is 0 Å². The maximum absolute atomic E-state index is 4.11. The van der Waals surface area contributed by atoms with E-state index in [1.54, 1.807) is 18.8 Å². The molecule has 2 nitrogen and oxygen atoms in total. The fourth-order valence-corrected chi connectivity index (χ4v) is 1.96. The van der Waals surface area contributed by atoms with E-state index in [2.05, 4.69) is 41.5 Å². The highest BCUT2D eigenvalue weighted by molar-refractivity contribution is 8.13. The third kappa shape index (κ3) is 3.42. The van der Waals surface area contributed by atoms with Crippen molar-refractivity contribution in [1.82, 2.24) is 5.32 Å². The molecule has 76 valence electrons. The summed E-state index contributed by atoms with van der Waals surface area (Å²) in [6.07, 6.45) is 0. The van der Waals surface area contributed by atoms with E-state index in [-0.39, 0.29) is 0 Å². The summed E-state index contributed by atoms with van der Waals surface area (Å²) in [6, 6.07) is 8.55. The minimum atomic E-state index is 0.967. The molecule has 0 bridgehead atoms. The number of amidine groups is 1. The molecule has 0 unspecified atom stereocenters. The van der Waals surface area contributed by atoms with Crippen molar-refractivity contribution in [3.8, 4) is 0 Å². The predicted octanol–water partition coefficient (Wildman–Crippen LogP) is 2.43. The molecule has 1 rings (SSSR count). The quantitative estimate of drug-likeness (QED) is 0.596. The predicted molar refractivity (Wildman–Crippen MR) is 64.9 cm³/mol. The zero-order valence-electron chi connectivity index (χ0n) is 8.87. The summed E-state index contributed by atoms with van der Waals surface area (Å²) in [5, 5.41) is 4.03. The van der Waals surface area contributed by atoms with Crippen molar-refractivity contribution in [2.75, 3.05) is 14.1 Å². The van der Waals surface area contributed by atoms with Crippen LogP contribution in [0.5, 0.6) is 0 Å². The van der Waals surface area contributed by atoms with Crippen molar-refractivity contribution < 1.29 is 0 Å². The number of nitrogens with one attached hydrogen (secondary N) is 1. The highest BCUT2D eigenvalue weighted by Gasteiger charge is 1.97. The molecule has 1 aromatic carbocycles. The monoisotopic (exact) mass is 208 g/mol. The van der Waals surface area contributed by atoms with Crippen molar-refractivity contribution in [2.24, 2.45) is 4.99 Å². The first-order valence-corrected chi connectivity index (χ1v) is 5.57. The van der Waals surface area contributed by atoms with Gasteiger partial charge >= 0.3 is 0 Å². The normalized spacial score (nSPS) is 11.5. The van der Waals surface area contributed by atoms with E-state index in [0.29, 0.717) is 0 Å². The first-order chi connectivity index (χ1) is 6.76. The Morgan fingerprint density at radius 1 is 1.50 bits per heavy atom. The average Bonchev–Trinajstić information content (AvgIpc) is 2.19. The Bertz CT molecular complexity index is 321. The summed E-state index contributed by atoms with van der Waals surface area (Å²) < 4.78 is 0. The Morgan fingerprint density at radius 3 is 2.86 bits per heavy atom. The topological polar surface area (TPSA) is 24.4 Å². The lowest BCUT2D eigenvalue weighted by molar-refractivity contribution is 1.18. The number of benzene rings is 1. The highest BCUT2D eigenvalue weighted by atomic mass is 32.2. The first kappa shape index (κ1) is 11.1. The van der Waals surface area contributed by atoms with Gasteiger partial charge in [-0.2, -0.15) is 0 Å². The SMILES string of the molecule is CN=C(NC)SCc1cccc(C)c1. The summed E-state index contributed by atoms with van der Waals surface area (Å²) in [4.78, 5) is 4.11. The maximum Gasteiger partial charge on any atom is 0.156 e. The van der Waals surface area contributed by atoms with Crippen molar-refractivity contribution >= 4 is 16.9 Å². The summed E-state index contributed by atoms with van der Waals surface area (Å²) in [6.45, 7) is 2.11. The fraction of sp³-hybridized carbons (Fsp3) is 0.364. The van der Waals surface area contributed by atoms with Gasteiger partial charge in [-0.25, -0.2) is 0 Å². The zero-order valence-corrected chi connectivity index (χ0v) is 9.69. The molecule has 0 aliphatic carbocycles. The van der Waals surface area contributed by atoms with Crippen LogP contribution in [-0.2, 0) is 5.75 Å². The summed E-state index contributed by atoms with van der Waals surface area (Å²) in [7, 11) is 3.70. The van der Waals surface area contributed by atoms with Crippen molar-refractivity contribution in [3.05, 3.63) is 35.4 Å². The summed E-state index contributed by atoms with van der Waals surface area (Å²) in [5.41, 5.74) is 2.65. The molecule has 0 aliphatic rings. The van der Waals surface area contributed by atoms with E-state index in [1.807, 2.05) is 7.05 Å². The van der Waals surface area contributed by atoms with Gasteiger partial charge in [-0.15, -0.1) is 0 Å². The Balaban J connectivity index is 2.53. The Labute approximate surface area is 89.8 Å². The van der Waals surface area contributed by atoms with Crippen LogP contribution in [0, 0.1) is 6.92 Å². The van der Waals surface area contributed by atoms with Crippen LogP contribution in [-0.4, -0.2) is 19.3 Å². The second kappa shape index (κ2) is 5.70. The van der Waals surface area contributed by atoms with Crippen LogP contribution in [0.4, 0.5) is 0 Å². The van der Waals surface area contributed by atoms with Crippen LogP contribution in [0.1, 0.15) is 11.1 Å². The smallest absolute Gasteiger partial charge is 0.156 e. The minimum absolute atomic E-state index is 0.967. The van der Waals surface area contributed by atoms with Crippen molar-refractivity contribution in [3.63, 3.8) is 0 Å². The van der Waals surface area contributed by atoms with Crippen LogP contribution in [0.25, 0.3) is 0 Å². The second-order valence-electron chi connectivity index (χ2n) is 3.06. The molecular formula is C11H16N2S. The Hall–Kier alpha value is -0.960. The van der Waals surface area contributed by atoms with Gasteiger partial charge in [0.2, 0.25) is 0 Å². The van der Waals surface area contributed by atoms with E-state index >= 15 is 0 Å². The molecule has 0 saturated heterocycles. The second-order valence-corrected chi connectivity index (χ2v) is 4.02. The molecule has 0 saturated carbocycles. The van der Waals surface area contributed by atoms with Gasteiger partial charge < -0.3 is 5.32 Å². The number of thioether (sulfide) groups is 1. The molecular weight excluding hydrogens is 192 g/mol. The van der Waals surface area contributed by atoms with Gasteiger partial charge in [-0.05, 0) is 12.5 Å². The molecule has 0 amide bonds. The number of aryl methyl sites for hydroxylation is 1. The van der Waals surface area contributed by atoms with Crippen molar-refractivity contribution in [1.29, 1.82) is 0 Å². The van der Waals surface area contributed by atoms with E-state index in [0.717, 1.165) is 10.9 Å². The lowest BCUT2D eigenvalue weighted by Crippen LogP contribution is -2.13. The largest absolute Gasteiger partial charge is 0.368 e. The molecule has 0 radical (unpaired) electrons. The highest BCUT2D eigenvalue weighted by Crippen LogP contribution is 2.13. The first-order valence-electron chi connectivity index (χ1n) is 4.59. The zero-order chi connectivity index (χ0) is 10.4. The minimum Gasteiger partial charge on any atom is -0.368 e. The van der Waals surface area contributed by atoms with Crippen LogP contribution >= 0.6 is 11.8 Å². The number of hydrogen-bond acceptors (Lipinski definition) is 2. The van der Waals surface area contributed by atoms with Gasteiger partial charge in [0, 0.05) is 19.8 Å². The number of hydrogen-bond donors (Lipinski definition) is 1. The lowest BCUT2D eigenvalue weighted by atomic mass is 10.2. The van der Waals surface area contributed by atoms with Gasteiger partial charge in [-0.1, -0.05) is 41.6 Å². The molecule has 1 N–H and O–H groups in total. The Kier molecular flexibility index (Phi) is 4.53. The third-order valence-electron chi connectivity index (χ3n) is 1.87. The molecule has 0 heterocycles. The van der Waals surface area contributed by atoms with Crippen LogP contribution < -0.4 is 5.32 Å². The number of rotatable bonds is 2. The lowest BCUT2D eigenvalue weighted by Gasteiger charge is -2.04. The van der Waals surface area contributed by atoms with Gasteiger partial charge in [0.15, 0.2) is 5.17 Å². The van der Waals surface area contributed by atoms with Gasteiger partial charge in [0.1, 0.15) is 0 Å². The molecule has 0 fully saturated rings. The van der Waals surface area contributed by atoms with Crippen LogP contribution in [0.2, 0.25) is 0 Å². The number of nitrogens with zero attached hydrogens (tertiary/aromatic N) is 1. The van der Waals surface area contributed by atoms with E-state index in [1.165, 1.54) is 11.1 Å². The molecule has 0 spiro atoms. The Morgan fingerprint density at radius 2 is 2.29 bits per heavy atom. The van der Waals surface area contributed by atoms with Gasteiger partial charge in [-0.3, -0.25) is 4.99 Å². The standard InChI is InChI=1S/C11H16N2S/c1-9-5-4-6-10(7-9)8-14-11(12-2)13-3/h4-7H,8H2,1-3H3,(H,12,13). The van der Waals surface area contributed by atoms with Gasteiger partial charge in [0.05, 0.1) is 0 Å². The molecule has 1 aromatic rings. The molecule has 14 heavy (non-hydrogen) atoms. The molecule has 0 aromatic heterocycles. The summed E-state index contributed by atoms with van der Waals surface area (Å²) >= 11 is 1.72. The number of aliphatic imine (C=N–C) groups is 1. The van der Waals surface area contributed by atoms with Crippen molar-refractivity contribution in [2.45, 2.75) is 12.7 Å². The van der Waals surface area contributed by atoms with Crippen LogP contribution in [0.3, 0.4) is 0 Å². The van der Waals surface area contributed by atoms with E-state index in [9.17, 15) is 0 Å². The molecule has 0 atom stereocenters. The van der Waals surface area contributed by atoms with Gasteiger partial charge in [0.25, 0.3) is 0 Å². The fourth-order valence-electron chi connectivity index (χ4n) is 1.20. The third-order valence-corrected chi connectivity index (χ3v) is 3.01. The van der Waals surface area contributed by atoms with E-state index < -0.39 is 0 Å². The summed E-state index contributed by atoms with van der Waals surface area (Å²) in [5.74, 6) is 0.967. The molecule has 3 heteroatoms. The maximum atomic E-state index is 4.11. The van der Waals surface area contributed by atoms with Crippen LogP contribution in [0.15, 0.2) is 29.3 Å². The average molecular weight is 208 g/mol. The molecule has 0 aliphatic heterocycles.